The Hall–Kier alpha value is -1.26. The van der Waals surface area contributed by atoms with E-state index >= 15 is 0 Å². The highest BCUT2D eigenvalue weighted by Gasteiger charge is 2.08. The summed E-state index contributed by atoms with van der Waals surface area (Å²) in [6, 6.07) is 7.52. The summed E-state index contributed by atoms with van der Waals surface area (Å²) in [5, 5.41) is 3.06. The van der Waals surface area contributed by atoms with Gasteiger partial charge in [0.2, 0.25) is 0 Å². The molecule has 1 aromatic carbocycles. The van der Waals surface area contributed by atoms with Crippen molar-refractivity contribution in [3.8, 4) is 11.5 Å². The molecule has 1 fully saturated rings. The zero-order valence-electron chi connectivity index (χ0n) is 14.8. The van der Waals surface area contributed by atoms with E-state index < -0.39 is 0 Å². The van der Waals surface area contributed by atoms with E-state index in [1.165, 1.54) is 0 Å². The number of halogens is 1. The van der Waals surface area contributed by atoms with Crippen molar-refractivity contribution in [3.05, 3.63) is 24.3 Å². The molecule has 142 valence electrons. The number of nitrogens with two attached hydrogens (primary N) is 1. The van der Waals surface area contributed by atoms with Crippen LogP contribution in [0.25, 0.3) is 0 Å². The van der Waals surface area contributed by atoms with Gasteiger partial charge in [-0.25, -0.2) is 0 Å². The Labute approximate surface area is 166 Å². The Morgan fingerprint density at radius 3 is 2.84 bits per heavy atom. The van der Waals surface area contributed by atoms with Gasteiger partial charge in [-0.1, -0.05) is 6.07 Å². The summed E-state index contributed by atoms with van der Waals surface area (Å²) in [6.07, 6.45) is 1.00. The van der Waals surface area contributed by atoms with Crippen molar-refractivity contribution in [1.29, 1.82) is 0 Å². The molecule has 0 amide bonds. The molecule has 0 aliphatic carbocycles. The lowest BCUT2D eigenvalue weighted by Gasteiger charge is -2.26. The molecule has 1 saturated heterocycles. The molecule has 25 heavy (non-hydrogen) atoms. The van der Waals surface area contributed by atoms with Crippen molar-refractivity contribution in [2.24, 2.45) is 10.7 Å². The summed E-state index contributed by atoms with van der Waals surface area (Å²) in [6.45, 7) is 6.58. The predicted octanol–water partition coefficient (Wildman–Crippen LogP) is 1.32. The van der Waals surface area contributed by atoms with Crippen molar-refractivity contribution in [1.82, 2.24) is 10.2 Å². The molecule has 1 aromatic rings. The van der Waals surface area contributed by atoms with Crippen LogP contribution in [0.4, 0.5) is 0 Å². The Balaban J connectivity index is 0.00000312. The number of methoxy groups -OCH3 is 1. The summed E-state index contributed by atoms with van der Waals surface area (Å²) < 4.78 is 16.1. The molecule has 3 N–H and O–H groups in total. The van der Waals surface area contributed by atoms with Crippen LogP contribution in [0, 0.1) is 0 Å². The van der Waals surface area contributed by atoms with Crippen LogP contribution in [0.3, 0.4) is 0 Å². The largest absolute Gasteiger partial charge is 0.497 e. The van der Waals surface area contributed by atoms with Crippen LogP contribution >= 0.6 is 24.0 Å². The number of nitrogens with zero attached hydrogens (tertiary/aromatic N) is 2. The summed E-state index contributed by atoms with van der Waals surface area (Å²) >= 11 is 0. The first-order chi connectivity index (χ1) is 11.8. The van der Waals surface area contributed by atoms with Crippen LogP contribution in [0.2, 0.25) is 0 Å². The second-order valence-electron chi connectivity index (χ2n) is 5.53. The van der Waals surface area contributed by atoms with E-state index in [1.807, 2.05) is 24.3 Å². The smallest absolute Gasteiger partial charge is 0.188 e. The standard InChI is InChI=1S/C17H28N4O3.HI/c1-22-15-4-2-5-16(14-15)24-11-7-20-17(18)19-6-3-8-21-9-12-23-13-10-21;/h2,4-5,14H,3,6-13H2,1H3,(H3,18,19,20);1H. The van der Waals surface area contributed by atoms with Gasteiger partial charge in [-0.3, -0.25) is 9.89 Å². The van der Waals surface area contributed by atoms with E-state index in [9.17, 15) is 0 Å². The number of ether oxygens (including phenoxy) is 3. The van der Waals surface area contributed by atoms with Gasteiger partial charge in [0.1, 0.15) is 18.1 Å². The molecule has 0 unspecified atom stereocenters. The van der Waals surface area contributed by atoms with Crippen LogP contribution in [-0.4, -0.2) is 70.5 Å². The van der Waals surface area contributed by atoms with Crippen molar-refractivity contribution in [2.45, 2.75) is 6.42 Å². The molecule has 0 radical (unpaired) electrons. The maximum absolute atomic E-state index is 5.85. The maximum Gasteiger partial charge on any atom is 0.188 e. The average Bonchev–Trinajstić information content (AvgIpc) is 2.63. The third-order valence-corrected chi connectivity index (χ3v) is 3.74. The first-order valence-electron chi connectivity index (χ1n) is 8.38. The number of hydrogen-bond acceptors (Lipinski definition) is 5. The van der Waals surface area contributed by atoms with Gasteiger partial charge in [-0.05, 0) is 18.6 Å². The summed E-state index contributed by atoms with van der Waals surface area (Å²) in [5.41, 5.74) is 5.85. The monoisotopic (exact) mass is 464 g/mol. The molecular formula is C17H29IN4O3. The molecule has 2 rings (SSSR count). The van der Waals surface area contributed by atoms with E-state index in [4.69, 9.17) is 19.9 Å². The van der Waals surface area contributed by atoms with E-state index in [-0.39, 0.29) is 24.0 Å². The normalized spacial score (nSPS) is 15.3. The topological polar surface area (TPSA) is 81.3 Å². The zero-order chi connectivity index (χ0) is 17.0. The third-order valence-electron chi connectivity index (χ3n) is 3.74. The fourth-order valence-corrected chi connectivity index (χ4v) is 2.41. The Bertz CT molecular complexity index is 510. The summed E-state index contributed by atoms with van der Waals surface area (Å²) in [7, 11) is 1.64. The van der Waals surface area contributed by atoms with Crippen LogP contribution < -0.4 is 20.5 Å². The summed E-state index contributed by atoms with van der Waals surface area (Å²) in [5.74, 6) is 2.02. The highest BCUT2D eigenvalue weighted by molar-refractivity contribution is 14.0. The molecule has 1 aliphatic heterocycles. The second-order valence-corrected chi connectivity index (χ2v) is 5.53. The summed E-state index contributed by atoms with van der Waals surface area (Å²) in [4.78, 5) is 6.72. The lowest BCUT2D eigenvalue weighted by atomic mass is 10.3. The Kier molecular flexibility index (Phi) is 11.3. The highest BCUT2D eigenvalue weighted by Crippen LogP contribution is 2.18. The van der Waals surface area contributed by atoms with Crippen molar-refractivity contribution < 1.29 is 14.2 Å². The second kappa shape index (κ2) is 13.0. The van der Waals surface area contributed by atoms with Crippen LogP contribution in [0.1, 0.15) is 6.42 Å². The first-order valence-corrected chi connectivity index (χ1v) is 8.38. The molecule has 0 bridgehead atoms. The molecule has 0 atom stereocenters. The molecule has 7 nitrogen and oxygen atoms in total. The number of rotatable bonds is 9. The van der Waals surface area contributed by atoms with Crippen LogP contribution in [0.15, 0.2) is 29.3 Å². The van der Waals surface area contributed by atoms with Gasteiger partial charge in [0.25, 0.3) is 0 Å². The van der Waals surface area contributed by atoms with Gasteiger partial charge < -0.3 is 25.3 Å². The minimum absolute atomic E-state index is 0. The number of nitrogens with one attached hydrogen (secondary N) is 1. The SMILES string of the molecule is COc1cccc(OCCNC(N)=NCCCN2CCOCC2)c1.I. The number of aliphatic imine (C=N–C) groups is 1. The quantitative estimate of drug-likeness (QED) is 0.248. The minimum atomic E-state index is 0. The molecule has 0 saturated carbocycles. The molecule has 0 aromatic heterocycles. The lowest BCUT2D eigenvalue weighted by molar-refractivity contribution is 0.0377. The van der Waals surface area contributed by atoms with Crippen molar-refractivity contribution in [2.75, 3.05) is 59.7 Å². The molecule has 1 aliphatic rings. The van der Waals surface area contributed by atoms with Gasteiger partial charge in [0.15, 0.2) is 5.96 Å². The van der Waals surface area contributed by atoms with Gasteiger partial charge in [0, 0.05) is 32.2 Å². The average molecular weight is 464 g/mol. The van der Waals surface area contributed by atoms with Gasteiger partial charge in [-0.15, -0.1) is 24.0 Å². The molecule has 1 heterocycles. The molecule has 0 spiro atoms. The Morgan fingerprint density at radius 1 is 1.32 bits per heavy atom. The first kappa shape index (κ1) is 21.8. The van der Waals surface area contributed by atoms with Gasteiger partial charge in [-0.2, -0.15) is 0 Å². The van der Waals surface area contributed by atoms with E-state index in [1.54, 1.807) is 7.11 Å². The van der Waals surface area contributed by atoms with Crippen LogP contribution in [0.5, 0.6) is 11.5 Å². The van der Waals surface area contributed by atoms with E-state index in [2.05, 4.69) is 15.2 Å². The number of morpholine rings is 1. The van der Waals surface area contributed by atoms with Gasteiger partial charge in [0.05, 0.1) is 26.9 Å². The van der Waals surface area contributed by atoms with Crippen molar-refractivity contribution in [3.63, 3.8) is 0 Å². The number of hydrogen-bond donors (Lipinski definition) is 2. The van der Waals surface area contributed by atoms with Gasteiger partial charge >= 0.3 is 0 Å². The van der Waals surface area contributed by atoms with Crippen LogP contribution in [-0.2, 0) is 4.74 Å². The van der Waals surface area contributed by atoms with E-state index in [0.29, 0.717) is 19.1 Å². The Morgan fingerprint density at radius 2 is 2.08 bits per heavy atom. The number of benzene rings is 1. The predicted molar refractivity (Wildman–Crippen MR) is 110 cm³/mol. The van der Waals surface area contributed by atoms with E-state index in [0.717, 1.165) is 57.3 Å². The molecule has 8 heteroatoms. The molecular weight excluding hydrogens is 435 g/mol. The zero-order valence-corrected chi connectivity index (χ0v) is 17.1. The fraction of sp³-hybridized carbons (Fsp3) is 0.588. The number of guanidine groups is 1. The highest BCUT2D eigenvalue weighted by atomic mass is 127. The minimum Gasteiger partial charge on any atom is -0.497 e. The maximum atomic E-state index is 5.85. The third kappa shape index (κ3) is 9.13. The van der Waals surface area contributed by atoms with Crippen molar-refractivity contribution >= 4 is 29.9 Å². The fourth-order valence-electron chi connectivity index (χ4n) is 2.41. The lowest BCUT2D eigenvalue weighted by Crippen LogP contribution is -2.37.